The summed E-state index contributed by atoms with van der Waals surface area (Å²) in [6.45, 7) is 8.26. The minimum atomic E-state index is -0.794. The fraction of sp³-hybridized carbons (Fsp3) is 0.462. The Balaban J connectivity index is 1.78. The number of benzene rings is 1. The second-order valence-electron chi connectivity index (χ2n) is 9.11. The van der Waals surface area contributed by atoms with Crippen molar-refractivity contribution in [1.29, 1.82) is 0 Å². The van der Waals surface area contributed by atoms with E-state index in [0.29, 0.717) is 52.3 Å². The van der Waals surface area contributed by atoms with Crippen molar-refractivity contribution in [1.82, 2.24) is 10.3 Å². The number of hydrogen-bond donors (Lipinski definition) is 1. The van der Waals surface area contributed by atoms with Gasteiger partial charge in [0.1, 0.15) is 12.5 Å². The van der Waals surface area contributed by atoms with Crippen LogP contribution in [0.5, 0.6) is 11.5 Å². The van der Waals surface area contributed by atoms with Crippen molar-refractivity contribution in [2.24, 2.45) is 5.92 Å². The lowest BCUT2D eigenvalue weighted by molar-refractivity contribution is -0.431. The predicted octanol–water partition coefficient (Wildman–Crippen LogP) is 6.42. The third-order valence-electron chi connectivity index (χ3n) is 6.47. The van der Waals surface area contributed by atoms with Gasteiger partial charge in [-0.25, -0.2) is 4.98 Å². The smallest absolute Gasteiger partial charge is 0.276 e. The quantitative estimate of drug-likeness (QED) is 0.271. The predicted molar refractivity (Wildman–Crippen MR) is 142 cm³/mol. The van der Waals surface area contributed by atoms with Crippen molar-refractivity contribution in [2.45, 2.75) is 65.9 Å². The van der Waals surface area contributed by atoms with Gasteiger partial charge in [0.15, 0.2) is 17.3 Å². The SMILES string of the molecule is CCCC1CC(=O)C2=C(C1)NC(C)=C([N+](=O)[O-])C2c1cc(Br)c(OCc2csc(C)n2)c(OCC)c1. The van der Waals surface area contributed by atoms with Crippen LogP contribution in [0.15, 0.2) is 44.6 Å². The monoisotopic (exact) mass is 575 g/mol. The van der Waals surface area contributed by atoms with Crippen molar-refractivity contribution in [3.05, 3.63) is 71.0 Å². The molecule has 1 N–H and O–H groups in total. The molecule has 0 radical (unpaired) electrons. The van der Waals surface area contributed by atoms with Crippen LogP contribution in [-0.2, 0) is 11.4 Å². The zero-order valence-electron chi connectivity index (χ0n) is 20.9. The Morgan fingerprint density at radius 3 is 2.67 bits per heavy atom. The molecule has 0 fully saturated rings. The number of nitro groups is 1. The van der Waals surface area contributed by atoms with Crippen molar-refractivity contribution in [3.8, 4) is 11.5 Å². The van der Waals surface area contributed by atoms with Crippen LogP contribution < -0.4 is 14.8 Å². The summed E-state index contributed by atoms with van der Waals surface area (Å²) in [5.74, 6) is 0.373. The molecular weight excluding hydrogens is 546 g/mol. The Hall–Kier alpha value is -2.72. The molecule has 0 bridgehead atoms. The van der Waals surface area contributed by atoms with Crippen LogP contribution >= 0.6 is 27.3 Å². The van der Waals surface area contributed by atoms with E-state index < -0.39 is 5.92 Å². The van der Waals surface area contributed by atoms with E-state index in [0.717, 1.165) is 29.2 Å². The second-order valence-corrected chi connectivity index (χ2v) is 11.0. The molecule has 0 amide bonds. The first-order chi connectivity index (χ1) is 17.2. The minimum Gasteiger partial charge on any atom is -0.490 e. The van der Waals surface area contributed by atoms with E-state index in [1.54, 1.807) is 30.4 Å². The number of ether oxygens (including phenoxy) is 2. The fourth-order valence-electron chi connectivity index (χ4n) is 5.07. The topological polar surface area (TPSA) is 104 Å². The lowest BCUT2D eigenvalue weighted by Gasteiger charge is -2.34. The van der Waals surface area contributed by atoms with Gasteiger partial charge in [0.05, 0.1) is 32.4 Å². The van der Waals surface area contributed by atoms with E-state index in [4.69, 9.17) is 9.47 Å². The van der Waals surface area contributed by atoms with Crippen LogP contribution in [0.25, 0.3) is 0 Å². The van der Waals surface area contributed by atoms with Gasteiger partial charge in [0.2, 0.25) is 0 Å². The molecule has 36 heavy (non-hydrogen) atoms. The molecule has 0 saturated carbocycles. The number of nitrogens with one attached hydrogen (secondary N) is 1. The minimum absolute atomic E-state index is 0.0167. The summed E-state index contributed by atoms with van der Waals surface area (Å²) in [6.07, 6.45) is 3.06. The third kappa shape index (κ3) is 5.34. The van der Waals surface area contributed by atoms with Crippen molar-refractivity contribution < 1.29 is 19.2 Å². The molecule has 1 aromatic carbocycles. The maximum Gasteiger partial charge on any atom is 0.276 e. The third-order valence-corrected chi connectivity index (χ3v) is 7.88. The highest BCUT2D eigenvalue weighted by Crippen LogP contribution is 2.47. The molecule has 0 saturated heterocycles. The molecular formula is C26H30BrN3O5S. The first kappa shape index (κ1) is 26.3. The van der Waals surface area contributed by atoms with E-state index in [2.05, 4.69) is 33.2 Å². The zero-order valence-corrected chi connectivity index (χ0v) is 23.3. The Morgan fingerprint density at radius 1 is 1.25 bits per heavy atom. The number of dihydropyridines is 1. The summed E-state index contributed by atoms with van der Waals surface area (Å²) in [6, 6.07) is 3.56. The second kappa shape index (κ2) is 11.1. The van der Waals surface area contributed by atoms with Crippen LogP contribution in [0.2, 0.25) is 0 Å². The van der Waals surface area contributed by atoms with Crippen molar-refractivity contribution in [3.63, 3.8) is 0 Å². The summed E-state index contributed by atoms with van der Waals surface area (Å²) in [5.41, 5.74) is 3.16. The van der Waals surface area contributed by atoms with Crippen LogP contribution in [0, 0.1) is 23.0 Å². The van der Waals surface area contributed by atoms with Gasteiger partial charge in [0, 0.05) is 23.1 Å². The molecule has 4 rings (SSSR count). The normalized spacial score (nSPS) is 19.8. The van der Waals surface area contributed by atoms with Crippen LogP contribution in [0.4, 0.5) is 0 Å². The van der Waals surface area contributed by atoms with E-state index in [1.807, 2.05) is 19.2 Å². The van der Waals surface area contributed by atoms with Crippen LogP contribution in [0.3, 0.4) is 0 Å². The molecule has 1 aliphatic carbocycles. The first-order valence-electron chi connectivity index (χ1n) is 12.1. The van der Waals surface area contributed by atoms with E-state index in [9.17, 15) is 14.9 Å². The Bertz CT molecular complexity index is 1250. The van der Waals surface area contributed by atoms with E-state index >= 15 is 0 Å². The summed E-state index contributed by atoms with van der Waals surface area (Å²) in [4.78, 5) is 29.7. The lowest BCUT2D eigenvalue weighted by atomic mass is 9.74. The van der Waals surface area contributed by atoms with Crippen molar-refractivity contribution >= 4 is 33.0 Å². The highest BCUT2D eigenvalue weighted by Gasteiger charge is 2.44. The summed E-state index contributed by atoms with van der Waals surface area (Å²) in [5, 5.41) is 18.3. The molecule has 8 nitrogen and oxygen atoms in total. The lowest BCUT2D eigenvalue weighted by Crippen LogP contribution is -2.36. The summed E-state index contributed by atoms with van der Waals surface area (Å²) < 4.78 is 12.6. The first-order valence-corrected chi connectivity index (χ1v) is 13.8. The van der Waals surface area contributed by atoms with Gasteiger partial charge in [0.25, 0.3) is 5.70 Å². The molecule has 1 aromatic heterocycles. The average Bonchev–Trinajstić information content (AvgIpc) is 3.22. The van der Waals surface area contributed by atoms with Gasteiger partial charge >= 0.3 is 0 Å². The molecule has 2 aliphatic rings. The van der Waals surface area contributed by atoms with Crippen LogP contribution in [-0.4, -0.2) is 22.3 Å². The number of Topliss-reactive ketones (excluding diaryl/α,β-unsaturated/α-hetero) is 1. The average molecular weight is 577 g/mol. The number of halogens is 1. The molecule has 0 spiro atoms. The molecule has 2 aromatic rings. The van der Waals surface area contributed by atoms with E-state index in [1.165, 1.54) is 0 Å². The number of ketones is 1. The van der Waals surface area contributed by atoms with Crippen molar-refractivity contribution in [2.75, 3.05) is 6.61 Å². The summed E-state index contributed by atoms with van der Waals surface area (Å²) >= 11 is 5.14. The Kier molecular flexibility index (Phi) is 8.14. The van der Waals surface area contributed by atoms with Gasteiger partial charge in [-0.15, -0.1) is 11.3 Å². The van der Waals surface area contributed by atoms with Gasteiger partial charge in [-0.05, 0) is 73.2 Å². The summed E-state index contributed by atoms with van der Waals surface area (Å²) in [7, 11) is 0. The molecule has 2 atom stereocenters. The largest absolute Gasteiger partial charge is 0.490 e. The zero-order chi connectivity index (χ0) is 26.0. The van der Waals surface area contributed by atoms with E-state index in [-0.39, 0.29) is 28.9 Å². The number of rotatable bonds is 9. The number of carbonyl (C=O) groups is 1. The van der Waals surface area contributed by atoms with Gasteiger partial charge in [-0.2, -0.15) is 0 Å². The number of hydrogen-bond acceptors (Lipinski definition) is 8. The molecule has 2 heterocycles. The highest BCUT2D eigenvalue weighted by molar-refractivity contribution is 9.10. The number of allylic oxidation sites excluding steroid dienone is 3. The number of thiazole rings is 1. The molecule has 10 heteroatoms. The van der Waals surface area contributed by atoms with Gasteiger partial charge < -0.3 is 14.8 Å². The number of aryl methyl sites for hydroxylation is 1. The fourth-order valence-corrected chi connectivity index (χ4v) is 6.24. The molecule has 1 aliphatic heterocycles. The van der Waals surface area contributed by atoms with Gasteiger partial charge in [-0.3, -0.25) is 14.9 Å². The highest BCUT2D eigenvalue weighted by atomic mass is 79.9. The molecule has 192 valence electrons. The van der Waals surface area contributed by atoms with Crippen LogP contribution in [0.1, 0.15) is 68.6 Å². The Labute approximate surface area is 223 Å². The Morgan fingerprint density at radius 2 is 2.03 bits per heavy atom. The maximum atomic E-state index is 13.4. The number of carbonyl (C=O) groups excluding carboxylic acids is 1. The number of aromatic nitrogens is 1. The standard InChI is InChI=1S/C26H30BrN3O5S/c1-5-7-16-8-20-24(21(31)9-16)23(25(30(32)33)14(3)28-20)17-10-19(27)26(22(11-17)34-6-2)35-12-18-13-36-15(4)29-18/h10-11,13,16,23,28H,5-9,12H2,1-4H3. The van der Waals surface area contributed by atoms with Gasteiger partial charge in [-0.1, -0.05) is 13.3 Å². The number of nitrogens with zero attached hydrogens (tertiary/aromatic N) is 2. The maximum absolute atomic E-state index is 13.4. The molecule has 2 unspecified atom stereocenters.